The van der Waals surface area contributed by atoms with E-state index in [1.807, 2.05) is 19.1 Å². The van der Waals surface area contributed by atoms with E-state index < -0.39 is 6.61 Å². The van der Waals surface area contributed by atoms with Gasteiger partial charge in [0.2, 0.25) is 5.75 Å². The quantitative estimate of drug-likeness (QED) is 0.747. The van der Waals surface area contributed by atoms with Crippen LogP contribution in [0.4, 0.5) is 8.78 Å². The first-order valence-corrected chi connectivity index (χ1v) is 7.34. The fourth-order valence-electron chi connectivity index (χ4n) is 2.48. The Hall–Kier alpha value is -2.50. The van der Waals surface area contributed by atoms with Gasteiger partial charge in [0.15, 0.2) is 11.5 Å². The van der Waals surface area contributed by atoms with Gasteiger partial charge < -0.3 is 18.9 Å². The predicted molar refractivity (Wildman–Crippen MR) is 86.7 cm³/mol. The Kier molecular flexibility index (Phi) is 5.84. The number of methoxy groups -OCH3 is 3. The van der Waals surface area contributed by atoms with Crippen molar-refractivity contribution in [2.75, 3.05) is 21.3 Å². The molecule has 0 saturated carbocycles. The van der Waals surface area contributed by atoms with Crippen LogP contribution >= 0.6 is 0 Å². The molecule has 1 atom stereocenters. The lowest BCUT2D eigenvalue weighted by molar-refractivity contribution is -0.0498. The Morgan fingerprint density at radius 3 is 1.75 bits per heavy atom. The van der Waals surface area contributed by atoms with Crippen molar-refractivity contribution in [3.8, 4) is 23.0 Å². The fourth-order valence-corrected chi connectivity index (χ4v) is 2.48. The summed E-state index contributed by atoms with van der Waals surface area (Å²) >= 11 is 0. The molecule has 0 spiro atoms. The van der Waals surface area contributed by atoms with Crippen molar-refractivity contribution in [3.63, 3.8) is 0 Å². The molecular formula is C18H20F2O4. The van der Waals surface area contributed by atoms with Crippen LogP contribution in [0.2, 0.25) is 0 Å². The van der Waals surface area contributed by atoms with Crippen molar-refractivity contribution in [2.24, 2.45) is 0 Å². The van der Waals surface area contributed by atoms with E-state index in [0.29, 0.717) is 17.2 Å². The predicted octanol–water partition coefficient (Wildman–Crippen LogP) is 4.47. The number of rotatable bonds is 7. The van der Waals surface area contributed by atoms with Crippen molar-refractivity contribution in [1.82, 2.24) is 0 Å². The SMILES string of the molecule is COc1cc(C(C)c2ccc(OC(F)F)cc2)cc(OC)c1OC. The van der Waals surface area contributed by atoms with Crippen LogP contribution in [-0.2, 0) is 0 Å². The highest BCUT2D eigenvalue weighted by atomic mass is 19.3. The molecule has 130 valence electrons. The highest BCUT2D eigenvalue weighted by Crippen LogP contribution is 2.41. The monoisotopic (exact) mass is 338 g/mol. The zero-order valence-corrected chi connectivity index (χ0v) is 14.0. The second kappa shape index (κ2) is 7.86. The van der Waals surface area contributed by atoms with Gasteiger partial charge in [-0.2, -0.15) is 8.78 Å². The second-order valence-corrected chi connectivity index (χ2v) is 5.13. The van der Waals surface area contributed by atoms with Gasteiger partial charge in [0.05, 0.1) is 21.3 Å². The molecule has 2 aromatic rings. The van der Waals surface area contributed by atoms with E-state index in [1.165, 1.54) is 12.1 Å². The first-order chi connectivity index (χ1) is 11.5. The van der Waals surface area contributed by atoms with Gasteiger partial charge in [-0.15, -0.1) is 0 Å². The van der Waals surface area contributed by atoms with E-state index >= 15 is 0 Å². The Labute approximate surface area is 139 Å². The summed E-state index contributed by atoms with van der Waals surface area (Å²) in [6, 6.07) is 10.3. The molecule has 0 radical (unpaired) electrons. The standard InChI is InChI=1S/C18H20F2O4/c1-11(12-5-7-14(8-6-12)24-18(19)20)13-9-15(21-2)17(23-4)16(10-13)22-3/h5-11,18H,1-4H3. The number of halogens is 2. The molecule has 6 heteroatoms. The third-order valence-electron chi connectivity index (χ3n) is 3.79. The van der Waals surface area contributed by atoms with Crippen LogP contribution in [-0.4, -0.2) is 27.9 Å². The van der Waals surface area contributed by atoms with Crippen molar-refractivity contribution in [1.29, 1.82) is 0 Å². The summed E-state index contributed by atoms with van der Waals surface area (Å²) in [6.07, 6.45) is 0. The molecular weight excluding hydrogens is 318 g/mol. The number of alkyl halides is 2. The average Bonchev–Trinajstić information content (AvgIpc) is 2.59. The minimum Gasteiger partial charge on any atom is -0.493 e. The molecule has 2 rings (SSSR count). The fraction of sp³-hybridized carbons (Fsp3) is 0.333. The molecule has 1 unspecified atom stereocenters. The molecule has 0 aliphatic carbocycles. The van der Waals surface area contributed by atoms with Gasteiger partial charge >= 0.3 is 6.61 Å². The molecule has 0 aromatic heterocycles. The maximum Gasteiger partial charge on any atom is 0.387 e. The molecule has 2 aromatic carbocycles. The molecule has 4 nitrogen and oxygen atoms in total. The normalized spacial score (nSPS) is 12.0. The summed E-state index contributed by atoms with van der Waals surface area (Å²) in [5.74, 6) is 1.79. The third-order valence-corrected chi connectivity index (χ3v) is 3.79. The highest BCUT2D eigenvalue weighted by molar-refractivity contribution is 5.55. The molecule has 0 saturated heterocycles. The lowest BCUT2D eigenvalue weighted by Gasteiger charge is -2.18. The zero-order chi connectivity index (χ0) is 17.7. The maximum absolute atomic E-state index is 12.2. The molecule has 0 heterocycles. The number of hydrogen-bond acceptors (Lipinski definition) is 4. The van der Waals surface area contributed by atoms with E-state index in [-0.39, 0.29) is 11.7 Å². The Morgan fingerprint density at radius 2 is 1.33 bits per heavy atom. The van der Waals surface area contributed by atoms with Gasteiger partial charge in [0.25, 0.3) is 0 Å². The molecule has 0 amide bonds. The van der Waals surface area contributed by atoms with Crippen LogP contribution < -0.4 is 18.9 Å². The van der Waals surface area contributed by atoms with E-state index in [2.05, 4.69) is 4.74 Å². The van der Waals surface area contributed by atoms with Crippen LogP contribution in [0.15, 0.2) is 36.4 Å². The van der Waals surface area contributed by atoms with Gasteiger partial charge in [0.1, 0.15) is 5.75 Å². The first kappa shape index (κ1) is 17.8. The lowest BCUT2D eigenvalue weighted by Crippen LogP contribution is -2.03. The highest BCUT2D eigenvalue weighted by Gasteiger charge is 2.17. The van der Waals surface area contributed by atoms with Gasteiger partial charge in [-0.1, -0.05) is 19.1 Å². The van der Waals surface area contributed by atoms with Crippen molar-refractivity contribution >= 4 is 0 Å². The van der Waals surface area contributed by atoms with Crippen LogP contribution in [0.25, 0.3) is 0 Å². The number of benzene rings is 2. The first-order valence-electron chi connectivity index (χ1n) is 7.34. The summed E-state index contributed by atoms with van der Waals surface area (Å²) < 4.78 is 44.8. The Morgan fingerprint density at radius 1 is 0.792 bits per heavy atom. The summed E-state index contributed by atoms with van der Waals surface area (Å²) in [5, 5.41) is 0. The minimum atomic E-state index is -2.83. The van der Waals surface area contributed by atoms with E-state index in [4.69, 9.17) is 14.2 Å². The van der Waals surface area contributed by atoms with Crippen LogP contribution in [0.3, 0.4) is 0 Å². The zero-order valence-electron chi connectivity index (χ0n) is 14.0. The van der Waals surface area contributed by atoms with Crippen LogP contribution in [0, 0.1) is 0 Å². The van der Waals surface area contributed by atoms with Crippen LogP contribution in [0.5, 0.6) is 23.0 Å². The number of hydrogen-bond donors (Lipinski definition) is 0. The summed E-state index contributed by atoms with van der Waals surface area (Å²) in [4.78, 5) is 0. The Balaban J connectivity index is 2.33. The smallest absolute Gasteiger partial charge is 0.387 e. The van der Waals surface area contributed by atoms with Gasteiger partial charge in [-0.3, -0.25) is 0 Å². The largest absolute Gasteiger partial charge is 0.493 e. The molecule has 0 N–H and O–H groups in total. The summed E-state index contributed by atoms with van der Waals surface area (Å²) in [5.41, 5.74) is 1.90. The van der Waals surface area contributed by atoms with E-state index in [1.54, 1.807) is 33.5 Å². The minimum absolute atomic E-state index is 0.000642. The lowest BCUT2D eigenvalue weighted by atomic mass is 9.92. The van der Waals surface area contributed by atoms with Gasteiger partial charge in [-0.25, -0.2) is 0 Å². The topological polar surface area (TPSA) is 36.9 Å². The summed E-state index contributed by atoms with van der Waals surface area (Å²) in [7, 11) is 4.66. The van der Waals surface area contributed by atoms with Crippen LogP contribution in [0.1, 0.15) is 24.0 Å². The maximum atomic E-state index is 12.2. The second-order valence-electron chi connectivity index (χ2n) is 5.13. The molecule has 0 aliphatic heterocycles. The molecule has 0 aliphatic rings. The van der Waals surface area contributed by atoms with Gasteiger partial charge in [0, 0.05) is 5.92 Å². The van der Waals surface area contributed by atoms with Gasteiger partial charge in [-0.05, 0) is 35.4 Å². The van der Waals surface area contributed by atoms with Crippen molar-refractivity contribution in [2.45, 2.75) is 19.5 Å². The molecule has 0 fully saturated rings. The molecule has 0 bridgehead atoms. The van der Waals surface area contributed by atoms with E-state index in [0.717, 1.165) is 11.1 Å². The average molecular weight is 338 g/mol. The third kappa shape index (κ3) is 3.88. The molecule has 24 heavy (non-hydrogen) atoms. The Bertz CT molecular complexity index is 646. The summed E-state index contributed by atoms with van der Waals surface area (Å²) in [6.45, 7) is -0.827. The van der Waals surface area contributed by atoms with Crippen molar-refractivity contribution < 1.29 is 27.7 Å². The van der Waals surface area contributed by atoms with E-state index in [9.17, 15) is 8.78 Å². The van der Waals surface area contributed by atoms with Crippen molar-refractivity contribution in [3.05, 3.63) is 47.5 Å². The number of ether oxygens (including phenoxy) is 4.